The van der Waals surface area contributed by atoms with Gasteiger partial charge in [0.1, 0.15) is 5.56 Å². The number of nitrogens with zero attached hydrogens (tertiary/aromatic N) is 3. The van der Waals surface area contributed by atoms with Crippen LogP contribution in [0.15, 0.2) is 46.1 Å². The van der Waals surface area contributed by atoms with Crippen LogP contribution in [0.25, 0.3) is 0 Å². The van der Waals surface area contributed by atoms with Gasteiger partial charge in [-0.05, 0) is 49.6 Å². The summed E-state index contributed by atoms with van der Waals surface area (Å²) in [6, 6.07) is 6.02. The molecule has 0 bridgehead atoms. The summed E-state index contributed by atoms with van der Waals surface area (Å²) in [5.74, 6) is -0.805. The Bertz CT molecular complexity index is 1240. The molecule has 2 heterocycles. The molecule has 162 valence electrons. The van der Waals surface area contributed by atoms with Crippen LogP contribution in [0.4, 0.5) is 0 Å². The third-order valence-electron chi connectivity index (χ3n) is 5.00. The number of benzene rings is 1. The molecule has 9 nitrogen and oxygen atoms in total. The number of carbonyl (C=O) groups excluding carboxylic acids is 2. The first-order valence-electron chi connectivity index (χ1n) is 9.81. The molecule has 0 unspecified atom stereocenters. The Labute approximate surface area is 178 Å². The van der Waals surface area contributed by atoms with Gasteiger partial charge in [-0.15, -0.1) is 0 Å². The van der Waals surface area contributed by atoms with Crippen molar-refractivity contribution in [2.24, 2.45) is 0 Å². The second-order valence-electron chi connectivity index (χ2n) is 7.39. The molecule has 1 aromatic carbocycles. The van der Waals surface area contributed by atoms with E-state index in [1.807, 2.05) is 0 Å². The van der Waals surface area contributed by atoms with E-state index < -0.39 is 21.6 Å². The van der Waals surface area contributed by atoms with Crippen LogP contribution in [0.1, 0.15) is 63.4 Å². The Morgan fingerprint density at radius 3 is 2.68 bits per heavy atom. The fourth-order valence-electron chi connectivity index (χ4n) is 3.34. The highest BCUT2D eigenvalue weighted by Gasteiger charge is 2.38. The Balaban J connectivity index is 1.83. The molecule has 0 saturated heterocycles. The lowest BCUT2D eigenvalue weighted by molar-refractivity contribution is 0.0512. The van der Waals surface area contributed by atoms with E-state index in [9.17, 15) is 18.0 Å². The molecule has 4 rings (SSSR count). The number of carbonyl (C=O) groups is 2. The van der Waals surface area contributed by atoms with Gasteiger partial charge in [0.05, 0.1) is 18.0 Å². The minimum Gasteiger partial charge on any atom is -0.461 e. The molecule has 1 saturated carbocycles. The van der Waals surface area contributed by atoms with Crippen LogP contribution in [0, 0.1) is 0 Å². The topological polar surface area (TPSA) is 121 Å². The van der Waals surface area contributed by atoms with Crippen molar-refractivity contribution in [1.29, 1.82) is 0 Å². The van der Waals surface area contributed by atoms with Crippen LogP contribution in [0.2, 0.25) is 0 Å². The molecule has 0 atom stereocenters. The van der Waals surface area contributed by atoms with Crippen molar-refractivity contribution < 1.29 is 27.3 Å². The zero-order valence-electron chi connectivity index (χ0n) is 17.1. The molecule has 0 amide bonds. The van der Waals surface area contributed by atoms with Crippen LogP contribution < -0.4 is 0 Å². The molecule has 0 spiro atoms. The first-order chi connectivity index (χ1) is 14.8. The minimum absolute atomic E-state index is 0.0273. The third kappa shape index (κ3) is 4.29. The number of aromatic nitrogens is 3. The highest BCUT2D eigenvalue weighted by Crippen LogP contribution is 2.43. The summed E-state index contributed by atoms with van der Waals surface area (Å²) < 4.78 is 36.1. The number of sulfone groups is 1. The molecule has 1 aliphatic carbocycles. The SMILES string of the molecule is CCOC(=O)c1noc(C2CC2)c1C(=O)c1ccc(S(C)(=O)=O)cc1Cn1cccn1. The maximum Gasteiger partial charge on any atom is 0.361 e. The zero-order chi connectivity index (χ0) is 22.2. The lowest BCUT2D eigenvalue weighted by atomic mass is 9.95. The summed E-state index contributed by atoms with van der Waals surface area (Å²) in [6.07, 6.45) is 6.08. The lowest BCUT2D eigenvalue weighted by Crippen LogP contribution is -2.16. The smallest absolute Gasteiger partial charge is 0.361 e. The fourth-order valence-corrected chi connectivity index (χ4v) is 4.01. The van der Waals surface area contributed by atoms with E-state index in [-0.39, 0.29) is 40.8 Å². The second kappa shape index (κ2) is 8.10. The molecule has 1 fully saturated rings. The first kappa shape index (κ1) is 21.0. The van der Waals surface area contributed by atoms with E-state index >= 15 is 0 Å². The summed E-state index contributed by atoms with van der Waals surface area (Å²) in [4.78, 5) is 26.1. The molecule has 3 aromatic rings. The van der Waals surface area contributed by atoms with E-state index in [1.165, 1.54) is 18.2 Å². The molecule has 0 radical (unpaired) electrons. The highest BCUT2D eigenvalue weighted by atomic mass is 32.2. The van der Waals surface area contributed by atoms with Crippen molar-refractivity contribution in [3.05, 3.63) is 64.8 Å². The summed E-state index contributed by atoms with van der Waals surface area (Å²) in [7, 11) is -3.49. The Morgan fingerprint density at radius 1 is 1.29 bits per heavy atom. The predicted molar refractivity (Wildman–Crippen MR) is 109 cm³/mol. The fraction of sp³-hybridized carbons (Fsp3) is 0.333. The van der Waals surface area contributed by atoms with Gasteiger partial charge in [0.25, 0.3) is 0 Å². The molecular weight excluding hydrogens is 422 g/mol. The van der Waals surface area contributed by atoms with Crippen LogP contribution >= 0.6 is 0 Å². The molecular formula is C21H21N3O6S. The Hall–Kier alpha value is -3.27. The van der Waals surface area contributed by atoms with Gasteiger partial charge in [-0.1, -0.05) is 5.16 Å². The van der Waals surface area contributed by atoms with Crippen LogP contribution in [0.5, 0.6) is 0 Å². The van der Waals surface area contributed by atoms with Crippen molar-refractivity contribution in [2.45, 2.75) is 37.1 Å². The minimum atomic E-state index is -3.49. The van der Waals surface area contributed by atoms with Gasteiger partial charge in [-0.25, -0.2) is 13.2 Å². The van der Waals surface area contributed by atoms with Gasteiger partial charge in [0, 0.05) is 30.1 Å². The summed E-state index contributed by atoms with van der Waals surface area (Å²) in [6.45, 7) is 1.97. The van der Waals surface area contributed by atoms with Crippen molar-refractivity contribution in [3.8, 4) is 0 Å². The summed E-state index contributed by atoms with van der Waals surface area (Å²) in [5, 5.41) is 7.96. The van der Waals surface area contributed by atoms with Crippen LogP contribution in [-0.4, -0.2) is 48.0 Å². The van der Waals surface area contributed by atoms with E-state index in [0.717, 1.165) is 19.1 Å². The van der Waals surface area contributed by atoms with Crippen molar-refractivity contribution >= 4 is 21.6 Å². The van der Waals surface area contributed by atoms with Crippen LogP contribution in [0.3, 0.4) is 0 Å². The van der Waals surface area contributed by atoms with Gasteiger partial charge in [0.15, 0.2) is 21.4 Å². The van der Waals surface area contributed by atoms with Crippen molar-refractivity contribution in [1.82, 2.24) is 14.9 Å². The van der Waals surface area contributed by atoms with Gasteiger partial charge in [-0.2, -0.15) is 5.10 Å². The number of ketones is 1. The quantitative estimate of drug-likeness (QED) is 0.385. The van der Waals surface area contributed by atoms with Gasteiger partial charge in [0.2, 0.25) is 5.69 Å². The van der Waals surface area contributed by atoms with Gasteiger partial charge >= 0.3 is 5.97 Å². The predicted octanol–water partition coefficient (Wildman–Crippen LogP) is 2.61. The zero-order valence-corrected chi connectivity index (χ0v) is 17.9. The number of esters is 1. The summed E-state index contributed by atoms with van der Waals surface area (Å²) in [5.41, 5.74) is 0.619. The second-order valence-corrected chi connectivity index (χ2v) is 9.40. The molecule has 10 heteroatoms. The van der Waals surface area contributed by atoms with Gasteiger partial charge < -0.3 is 9.26 Å². The maximum atomic E-state index is 13.6. The normalized spacial score (nSPS) is 13.9. The number of hydrogen-bond donors (Lipinski definition) is 0. The molecule has 1 aliphatic rings. The number of rotatable bonds is 8. The molecule has 0 N–H and O–H groups in total. The Morgan fingerprint density at radius 2 is 2.06 bits per heavy atom. The Kier molecular flexibility index (Phi) is 5.48. The number of hydrogen-bond acceptors (Lipinski definition) is 8. The standard InChI is InChI=1S/C21H21N3O6S/c1-3-29-21(26)18-17(20(30-23-18)13-5-6-13)19(25)16-8-7-15(31(2,27)28)11-14(16)12-24-10-4-9-22-24/h4,7-11,13H,3,5-6,12H2,1-2H3. The average Bonchev–Trinajstić information content (AvgIpc) is 3.25. The maximum absolute atomic E-state index is 13.6. The van der Waals surface area contributed by atoms with E-state index in [4.69, 9.17) is 9.26 Å². The van der Waals surface area contributed by atoms with E-state index in [1.54, 1.807) is 30.1 Å². The molecule has 0 aliphatic heterocycles. The van der Waals surface area contributed by atoms with Crippen molar-refractivity contribution in [2.75, 3.05) is 12.9 Å². The largest absolute Gasteiger partial charge is 0.461 e. The molecule has 31 heavy (non-hydrogen) atoms. The number of ether oxygens (including phenoxy) is 1. The first-order valence-corrected chi connectivity index (χ1v) is 11.7. The van der Waals surface area contributed by atoms with E-state index in [0.29, 0.717) is 11.3 Å². The highest BCUT2D eigenvalue weighted by molar-refractivity contribution is 7.90. The average molecular weight is 443 g/mol. The summed E-state index contributed by atoms with van der Waals surface area (Å²) >= 11 is 0. The monoisotopic (exact) mass is 443 g/mol. The van der Waals surface area contributed by atoms with E-state index in [2.05, 4.69) is 10.3 Å². The van der Waals surface area contributed by atoms with Crippen LogP contribution in [-0.2, 0) is 21.1 Å². The molecule has 2 aromatic heterocycles. The van der Waals surface area contributed by atoms with Gasteiger partial charge in [-0.3, -0.25) is 9.48 Å². The third-order valence-corrected chi connectivity index (χ3v) is 6.11. The lowest BCUT2D eigenvalue weighted by Gasteiger charge is -2.12. The van der Waals surface area contributed by atoms with Crippen molar-refractivity contribution in [3.63, 3.8) is 0 Å².